The molecule has 1 aromatic carbocycles. The van der Waals surface area contributed by atoms with E-state index in [0.717, 1.165) is 11.1 Å². The lowest BCUT2D eigenvalue weighted by molar-refractivity contribution is -0.0441. The molecular weight excluding hydrogens is 178 g/mol. The highest BCUT2D eigenvalue weighted by molar-refractivity contribution is 5.57. The molecule has 1 aliphatic heterocycles. The average molecular weight is 191 g/mol. The summed E-state index contributed by atoms with van der Waals surface area (Å²) in [6.07, 6.45) is 1.90. The van der Waals surface area contributed by atoms with Gasteiger partial charge >= 0.3 is 0 Å². The standard InChI is InChI=1S/C11H13NO2/c12-6-5-9-1-3-10(4-2-9)11-13-7-8-14-11/h1-4,6,11-12H,5,7-8H2. The van der Waals surface area contributed by atoms with Crippen LogP contribution in [0.25, 0.3) is 0 Å². The van der Waals surface area contributed by atoms with Crippen LogP contribution in [-0.2, 0) is 15.9 Å². The largest absolute Gasteiger partial charge is 0.346 e. The van der Waals surface area contributed by atoms with E-state index in [2.05, 4.69) is 0 Å². The van der Waals surface area contributed by atoms with Crippen LogP contribution < -0.4 is 0 Å². The van der Waals surface area contributed by atoms with Crippen LogP contribution in [0, 0.1) is 5.41 Å². The monoisotopic (exact) mass is 191 g/mol. The molecule has 1 aromatic rings. The molecule has 1 N–H and O–H groups in total. The van der Waals surface area contributed by atoms with E-state index in [4.69, 9.17) is 14.9 Å². The van der Waals surface area contributed by atoms with Crippen molar-refractivity contribution >= 4 is 6.21 Å². The molecule has 3 heteroatoms. The van der Waals surface area contributed by atoms with Crippen molar-refractivity contribution in [3.05, 3.63) is 35.4 Å². The molecule has 0 atom stereocenters. The molecule has 1 aliphatic rings. The van der Waals surface area contributed by atoms with E-state index in [1.54, 1.807) is 0 Å². The topological polar surface area (TPSA) is 42.3 Å². The van der Waals surface area contributed by atoms with Crippen molar-refractivity contribution in [2.45, 2.75) is 12.7 Å². The highest BCUT2D eigenvalue weighted by Gasteiger charge is 2.17. The van der Waals surface area contributed by atoms with Gasteiger partial charge in [0.25, 0.3) is 0 Å². The molecule has 2 rings (SSSR count). The Bertz CT molecular complexity index is 302. The molecule has 3 nitrogen and oxygen atoms in total. The summed E-state index contributed by atoms with van der Waals surface area (Å²) in [6.45, 7) is 1.35. The van der Waals surface area contributed by atoms with Crippen molar-refractivity contribution in [1.82, 2.24) is 0 Å². The summed E-state index contributed by atoms with van der Waals surface area (Å²) in [7, 11) is 0. The van der Waals surface area contributed by atoms with E-state index < -0.39 is 0 Å². The predicted molar refractivity (Wildman–Crippen MR) is 53.6 cm³/mol. The minimum atomic E-state index is -0.191. The fourth-order valence-corrected chi connectivity index (χ4v) is 1.48. The Kier molecular flexibility index (Phi) is 2.91. The zero-order valence-electron chi connectivity index (χ0n) is 7.90. The second kappa shape index (κ2) is 4.35. The first kappa shape index (κ1) is 9.37. The molecule has 0 aliphatic carbocycles. The van der Waals surface area contributed by atoms with Gasteiger partial charge < -0.3 is 14.9 Å². The van der Waals surface area contributed by atoms with E-state index in [0.29, 0.717) is 19.6 Å². The molecule has 1 fully saturated rings. The number of nitrogens with one attached hydrogen (secondary N) is 1. The maximum atomic E-state index is 6.99. The first-order chi connectivity index (χ1) is 6.90. The van der Waals surface area contributed by atoms with Gasteiger partial charge in [0.05, 0.1) is 13.2 Å². The van der Waals surface area contributed by atoms with Gasteiger partial charge in [0.2, 0.25) is 0 Å². The van der Waals surface area contributed by atoms with Crippen LogP contribution >= 0.6 is 0 Å². The number of benzene rings is 1. The van der Waals surface area contributed by atoms with Gasteiger partial charge in [-0.15, -0.1) is 0 Å². The van der Waals surface area contributed by atoms with Gasteiger partial charge in [-0.05, 0) is 11.8 Å². The summed E-state index contributed by atoms with van der Waals surface area (Å²) in [5.41, 5.74) is 2.19. The molecule has 1 saturated heterocycles. The van der Waals surface area contributed by atoms with Crippen molar-refractivity contribution in [3.63, 3.8) is 0 Å². The Morgan fingerprint density at radius 2 is 1.86 bits per heavy atom. The maximum Gasteiger partial charge on any atom is 0.184 e. The molecule has 0 bridgehead atoms. The van der Waals surface area contributed by atoms with Crippen LogP contribution in [0.5, 0.6) is 0 Å². The summed E-state index contributed by atoms with van der Waals surface area (Å²) < 4.78 is 10.7. The van der Waals surface area contributed by atoms with Crippen molar-refractivity contribution in [2.75, 3.05) is 13.2 Å². The van der Waals surface area contributed by atoms with Crippen molar-refractivity contribution < 1.29 is 9.47 Å². The lowest BCUT2D eigenvalue weighted by atomic mass is 10.1. The number of ether oxygens (including phenoxy) is 2. The van der Waals surface area contributed by atoms with Gasteiger partial charge in [0.15, 0.2) is 6.29 Å². The van der Waals surface area contributed by atoms with Gasteiger partial charge in [-0.25, -0.2) is 0 Å². The van der Waals surface area contributed by atoms with Crippen LogP contribution in [0.3, 0.4) is 0 Å². The predicted octanol–water partition coefficient (Wildman–Crippen LogP) is 1.92. The maximum absolute atomic E-state index is 6.99. The molecular formula is C11H13NO2. The van der Waals surface area contributed by atoms with E-state index >= 15 is 0 Å². The van der Waals surface area contributed by atoms with Gasteiger partial charge in [-0.3, -0.25) is 0 Å². The fraction of sp³-hybridized carbons (Fsp3) is 0.364. The van der Waals surface area contributed by atoms with Crippen LogP contribution in [0.1, 0.15) is 17.4 Å². The second-order valence-corrected chi connectivity index (χ2v) is 3.22. The fourth-order valence-electron chi connectivity index (χ4n) is 1.48. The molecule has 0 amide bonds. The van der Waals surface area contributed by atoms with Crippen LogP contribution in [0.4, 0.5) is 0 Å². The summed E-state index contributed by atoms with van der Waals surface area (Å²) in [6, 6.07) is 8.00. The number of rotatable bonds is 3. The molecule has 1 heterocycles. The minimum Gasteiger partial charge on any atom is -0.346 e. The normalized spacial score (nSPS) is 17.1. The van der Waals surface area contributed by atoms with Gasteiger partial charge in [-0.2, -0.15) is 0 Å². The first-order valence-electron chi connectivity index (χ1n) is 4.71. The van der Waals surface area contributed by atoms with E-state index in [-0.39, 0.29) is 6.29 Å². The van der Waals surface area contributed by atoms with Gasteiger partial charge in [0, 0.05) is 12.0 Å². The van der Waals surface area contributed by atoms with Crippen LogP contribution in [0.2, 0.25) is 0 Å². The number of hydrogen-bond acceptors (Lipinski definition) is 3. The van der Waals surface area contributed by atoms with Crippen molar-refractivity contribution in [2.24, 2.45) is 0 Å². The zero-order chi connectivity index (χ0) is 9.80. The number of hydrogen-bond donors (Lipinski definition) is 1. The Hall–Kier alpha value is -1.19. The molecule has 14 heavy (non-hydrogen) atoms. The Morgan fingerprint density at radius 3 is 2.43 bits per heavy atom. The average Bonchev–Trinajstić information content (AvgIpc) is 2.72. The Balaban J connectivity index is 2.08. The molecule has 0 unspecified atom stereocenters. The van der Waals surface area contributed by atoms with Gasteiger partial charge in [-0.1, -0.05) is 24.3 Å². The molecule has 0 radical (unpaired) electrons. The minimum absolute atomic E-state index is 0.191. The third kappa shape index (κ3) is 2.00. The van der Waals surface area contributed by atoms with E-state index in [1.807, 2.05) is 24.3 Å². The Labute approximate surface area is 83.2 Å². The summed E-state index contributed by atoms with van der Waals surface area (Å²) in [5, 5.41) is 6.99. The van der Waals surface area contributed by atoms with Crippen LogP contribution in [0.15, 0.2) is 24.3 Å². The lowest BCUT2D eigenvalue weighted by Gasteiger charge is -2.09. The summed E-state index contributed by atoms with van der Waals surface area (Å²) in [4.78, 5) is 0. The zero-order valence-corrected chi connectivity index (χ0v) is 7.90. The molecule has 0 saturated carbocycles. The summed E-state index contributed by atoms with van der Waals surface area (Å²) >= 11 is 0. The molecule has 74 valence electrons. The van der Waals surface area contributed by atoms with E-state index in [9.17, 15) is 0 Å². The molecule has 0 spiro atoms. The van der Waals surface area contributed by atoms with Gasteiger partial charge in [0.1, 0.15) is 0 Å². The molecule has 0 aromatic heterocycles. The SMILES string of the molecule is N=CCc1ccc(C2OCCO2)cc1. The first-order valence-corrected chi connectivity index (χ1v) is 4.71. The lowest BCUT2D eigenvalue weighted by Crippen LogP contribution is -1.98. The third-order valence-electron chi connectivity index (χ3n) is 2.21. The quantitative estimate of drug-likeness (QED) is 0.742. The summed E-state index contributed by atoms with van der Waals surface area (Å²) in [5.74, 6) is 0. The smallest absolute Gasteiger partial charge is 0.184 e. The highest BCUT2D eigenvalue weighted by Crippen LogP contribution is 2.23. The van der Waals surface area contributed by atoms with Crippen molar-refractivity contribution in [3.8, 4) is 0 Å². The second-order valence-electron chi connectivity index (χ2n) is 3.22. The van der Waals surface area contributed by atoms with Crippen LogP contribution in [-0.4, -0.2) is 19.4 Å². The van der Waals surface area contributed by atoms with Crippen molar-refractivity contribution in [1.29, 1.82) is 5.41 Å². The van der Waals surface area contributed by atoms with E-state index in [1.165, 1.54) is 6.21 Å². The highest BCUT2D eigenvalue weighted by atomic mass is 16.7. The third-order valence-corrected chi connectivity index (χ3v) is 2.21. The Morgan fingerprint density at radius 1 is 1.21 bits per heavy atom.